The van der Waals surface area contributed by atoms with Crippen LogP contribution in [-0.2, 0) is 14.3 Å². The molecule has 4 nitrogen and oxygen atoms in total. The highest BCUT2D eigenvalue weighted by molar-refractivity contribution is 5.66. The molecule has 0 aliphatic rings. The monoisotopic (exact) mass is 452 g/mol. The number of carboxylic acids is 1. The number of carboxylic acid groups (broad SMARTS) is 1. The maximum Gasteiger partial charge on any atom is 0.303 e. The molecular weight excluding hydrogens is 400 g/mol. The number of hydrogen-bond acceptors (Lipinski definition) is 3. The summed E-state index contributed by atoms with van der Waals surface area (Å²) in [5, 5.41) is 8.45. The summed E-state index contributed by atoms with van der Waals surface area (Å²) in [6.07, 6.45) is 29.7. The van der Waals surface area contributed by atoms with E-state index < -0.39 is 5.97 Å². The summed E-state index contributed by atoms with van der Waals surface area (Å²) in [6.45, 7) is 6.38. The van der Waals surface area contributed by atoms with Gasteiger partial charge in [0.05, 0.1) is 6.61 Å². The second-order valence-corrected chi connectivity index (χ2v) is 8.42. The highest BCUT2D eigenvalue weighted by atomic mass is 16.5. The molecule has 0 aromatic carbocycles. The Morgan fingerprint density at radius 3 is 1.44 bits per heavy atom. The van der Waals surface area contributed by atoms with Crippen LogP contribution in [0.3, 0.4) is 0 Å². The van der Waals surface area contributed by atoms with E-state index in [1.807, 2.05) is 0 Å². The molecule has 0 fully saturated rings. The van der Waals surface area contributed by atoms with Crippen molar-refractivity contribution < 1.29 is 19.4 Å². The Hall–Kier alpha value is -1.58. The molecule has 0 spiro atoms. The number of unbranched alkanes of at least 4 members (excludes halogenated alkanes) is 13. The molecule has 188 valence electrons. The van der Waals surface area contributed by atoms with Crippen LogP contribution in [0.4, 0.5) is 0 Å². The number of rotatable bonds is 21. The van der Waals surface area contributed by atoms with Gasteiger partial charge in [-0.3, -0.25) is 9.59 Å². The van der Waals surface area contributed by atoms with Gasteiger partial charge in [0, 0.05) is 13.3 Å². The van der Waals surface area contributed by atoms with Gasteiger partial charge in [-0.2, -0.15) is 0 Å². The Morgan fingerprint density at radius 1 is 0.625 bits per heavy atom. The number of ether oxygens (including phenoxy) is 1. The van der Waals surface area contributed by atoms with Crippen LogP contribution in [-0.4, -0.2) is 23.7 Å². The minimum absolute atomic E-state index is 0.164. The quantitative estimate of drug-likeness (QED) is 0.107. The van der Waals surface area contributed by atoms with Crippen LogP contribution in [0.25, 0.3) is 0 Å². The van der Waals surface area contributed by atoms with Crippen LogP contribution in [0.1, 0.15) is 136 Å². The van der Waals surface area contributed by atoms with E-state index in [9.17, 15) is 9.59 Å². The molecule has 0 rings (SSSR count). The molecular formula is C28H52O4. The molecule has 0 unspecified atom stereocenters. The molecule has 0 saturated carbocycles. The Kier molecular flexibility index (Phi) is 30.0. The SMILES string of the molecule is CC/C=C\CCCCCCCCCC(=O)O.CC/C=C\CCCCCCCCOC(C)=O. The minimum Gasteiger partial charge on any atom is -0.481 e. The molecule has 0 heterocycles. The molecule has 0 amide bonds. The van der Waals surface area contributed by atoms with Crippen LogP contribution >= 0.6 is 0 Å². The number of hydrogen-bond donors (Lipinski definition) is 1. The van der Waals surface area contributed by atoms with Crippen LogP contribution in [0.5, 0.6) is 0 Å². The van der Waals surface area contributed by atoms with Crippen molar-refractivity contribution in [1.82, 2.24) is 0 Å². The van der Waals surface area contributed by atoms with E-state index in [-0.39, 0.29) is 5.97 Å². The van der Waals surface area contributed by atoms with Crippen molar-refractivity contribution in [3.05, 3.63) is 24.3 Å². The van der Waals surface area contributed by atoms with E-state index in [2.05, 4.69) is 38.2 Å². The fraction of sp³-hybridized carbons (Fsp3) is 0.786. The van der Waals surface area contributed by atoms with E-state index >= 15 is 0 Å². The third-order valence-corrected chi connectivity index (χ3v) is 5.14. The van der Waals surface area contributed by atoms with Crippen molar-refractivity contribution in [1.29, 1.82) is 0 Å². The summed E-state index contributed by atoms with van der Waals surface area (Å²) in [7, 11) is 0. The fourth-order valence-corrected chi connectivity index (χ4v) is 3.28. The highest BCUT2D eigenvalue weighted by Gasteiger charge is 1.96. The molecule has 0 radical (unpaired) electrons. The Bertz CT molecular complexity index is 412. The normalized spacial score (nSPS) is 11.0. The average Bonchev–Trinajstić information content (AvgIpc) is 2.76. The first kappa shape index (κ1) is 32.6. The molecule has 32 heavy (non-hydrogen) atoms. The van der Waals surface area contributed by atoms with Gasteiger partial charge in [-0.1, -0.05) is 95.9 Å². The summed E-state index contributed by atoms with van der Waals surface area (Å²) in [5.74, 6) is -0.828. The van der Waals surface area contributed by atoms with Gasteiger partial charge in [-0.25, -0.2) is 0 Å². The topological polar surface area (TPSA) is 63.6 Å². The van der Waals surface area contributed by atoms with Gasteiger partial charge < -0.3 is 9.84 Å². The largest absolute Gasteiger partial charge is 0.481 e. The first-order valence-corrected chi connectivity index (χ1v) is 13.2. The van der Waals surface area contributed by atoms with Crippen LogP contribution in [0.2, 0.25) is 0 Å². The van der Waals surface area contributed by atoms with Gasteiger partial charge in [0.15, 0.2) is 0 Å². The maximum absolute atomic E-state index is 10.5. The zero-order valence-corrected chi connectivity index (χ0v) is 21.4. The van der Waals surface area contributed by atoms with Crippen molar-refractivity contribution in [2.24, 2.45) is 0 Å². The van der Waals surface area contributed by atoms with Gasteiger partial charge in [0.25, 0.3) is 0 Å². The summed E-state index contributed by atoms with van der Waals surface area (Å²) < 4.78 is 4.87. The first-order valence-electron chi connectivity index (χ1n) is 13.2. The predicted octanol–water partition coefficient (Wildman–Crippen LogP) is 8.79. The van der Waals surface area contributed by atoms with E-state index in [4.69, 9.17) is 9.84 Å². The Morgan fingerprint density at radius 2 is 1.03 bits per heavy atom. The van der Waals surface area contributed by atoms with Crippen molar-refractivity contribution in [2.45, 2.75) is 136 Å². The van der Waals surface area contributed by atoms with Gasteiger partial charge in [0.1, 0.15) is 0 Å². The maximum atomic E-state index is 10.5. The van der Waals surface area contributed by atoms with Crippen molar-refractivity contribution in [2.75, 3.05) is 6.61 Å². The molecule has 0 atom stereocenters. The molecule has 0 bridgehead atoms. The highest BCUT2D eigenvalue weighted by Crippen LogP contribution is 2.10. The lowest BCUT2D eigenvalue weighted by Gasteiger charge is -2.01. The first-order chi connectivity index (χ1) is 15.5. The van der Waals surface area contributed by atoms with Crippen LogP contribution < -0.4 is 0 Å². The van der Waals surface area contributed by atoms with E-state index in [1.54, 1.807) is 0 Å². The average molecular weight is 453 g/mol. The second-order valence-electron chi connectivity index (χ2n) is 8.42. The summed E-state index contributed by atoms with van der Waals surface area (Å²) in [4.78, 5) is 20.7. The van der Waals surface area contributed by atoms with E-state index in [0.717, 1.165) is 32.1 Å². The zero-order chi connectivity index (χ0) is 24.1. The molecule has 4 heteroatoms. The lowest BCUT2D eigenvalue weighted by molar-refractivity contribution is -0.141. The smallest absolute Gasteiger partial charge is 0.303 e. The molecule has 0 aromatic heterocycles. The molecule has 0 aliphatic carbocycles. The van der Waals surface area contributed by atoms with Gasteiger partial charge in [-0.05, 0) is 51.4 Å². The second kappa shape index (κ2) is 29.4. The summed E-state index contributed by atoms with van der Waals surface area (Å²) in [6, 6.07) is 0. The van der Waals surface area contributed by atoms with Crippen molar-refractivity contribution in [3.8, 4) is 0 Å². The molecule has 1 N–H and O–H groups in total. The number of allylic oxidation sites excluding steroid dienone is 4. The molecule has 0 aromatic rings. The van der Waals surface area contributed by atoms with Gasteiger partial charge in [-0.15, -0.1) is 0 Å². The van der Waals surface area contributed by atoms with Gasteiger partial charge >= 0.3 is 11.9 Å². The number of carbonyl (C=O) groups is 2. The zero-order valence-electron chi connectivity index (χ0n) is 21.4. The lowest BCUT2D eigenvalue weighted by Crippen LogP contribution is -1.99. The number of esters is 1. The third-order valence-electron chi connectivity index (χ3n) is 5.14. The molecule has 0 saturated heterocycles. The summed E-state index contributed by atoms with van der Waals surface area (Å²) >= 11 is 0. The van der Waals surface area contributed by atoms with Crippen LogP contribution in [0, 0.1) is 0 Å². The molecule has 0 aliphatic heterocycles. The number of carbonyl (C=O) groups excluding carboxylic acids is 1. The van der Waals surface area contributed by atoms with Crippen molar-refractivity contribution in [3.63, 3.8) is 0 Å². The fourth-order valence-electron chi connectivity index (χ4n) is 3.28. The predicted molar refractivity (Wildman–Crippen MR) is 137 cm³/mol. The Labute approximate surface area is 198 Å². The lowest BCUT2D eigenvalue weighted by atomic mass is 10.1. The van der Waals surface area contributed by atoms with Crippen LogP contribution in [0.15, 0.2) is 24.3 Å². The minimum atomic E-state index is -0.664. The van der Waals surface area contributed by atoms with Crippen molar-refractivity contribution >= 4 is 11.9 Å². The number of aliphatic carboxylic acids is 1. The van der Waals surface area contributed by atoms with Gasteiger partial charge in [0.2, 0.25) is 0 Å². The third kappa shape index (κ3) is 35.8. The standard InChI is InChI=1S/2C14H26O2/c1-3-4-5-6-7-8-9-10-11-12-13-16-14(2)15;1-2-3-4-5-6-7-8-9-10-11-12-13-14(15)16/h4-5H,3,6-13H2,1-2H3;3-4H,2,5-13H2,1H3,(H,15,16)/b5-4-;4-3-. The van der Waals surface area contributed by atoms with E-state index in [1.165, 1.54) is 84.0 Å². The summed E-state index contributed by atoms with van der Waals surface area (Å²) in [5.41, 5.74) is 0. The Balaban J connectivity index is 0. The van der Waals surface area contributed by atoms with E-state index in [0.29, 0.717) is 13.0 Å².